The van der Waals surface area contributed by atoms with Crippen molar-refractivity contribution in [2.45, 2.75) is 11.7 Å². The second-order valence-electron chi connectivity index (χ2n) is 3.49. The average molecular weight is 362 g/mol. The number of aliphatic carboxylic acids is 1. The second kappa shape index (κ2) is 6.31. The van der Waals surface area contributed by atoms with Crippen molar-refractivity contribution < 1.29 is 14.7 Å². The van der Waals surface area contributed by atoms with Gasteiger partial charge in [0.15, 0.2) is 5.17 Å². The number of carbonyl (C=O) groups is 2. The van der Waals surface area contributed by atoms with Gasteiger partial charge in [-0.1, -0.05) is 11.8 Å². The summed E-state index contributed by atoms with van der Waals surface area (Å²) in [5.74, 6) is -1.36. The Kier molecular flexibility index (Phi) is 4.72. The van der Waals surface area contributed by atoms with Crippen molar-refractivity contribution in [3.63, 3.8) is 0 Å². The van der Waals surface area contributed by atoms with Gasteiger partial charge >= 0.3 is 5.97 Å². The van der Waals surface area contributed by atoms with Crippen molar-refractivity contribution in [1.82, 2.24) is 5.32 Å². The van der Waals surface area contributed by atoms with Gasteiger partial charge in [-0.05, 0) is 28.1 Å². The van der Waals surface area contributed by atoms with Crippen molar-refractivity contribution in [3.8, 4) is 0 Å². The number of nitrogens with zero attached hydrogens (tertiary/aromatic N) is 2. The average Bonchev–Trinajstić information content (AvgIpc) is 2.86. The van der Waals surface area contributed by atoms with Crippen molar-refractivity contribution in [3.05, 3.63) is 20.8 Å². The van der Waals surface area contributed by atoms with Crippen LogP contribution in [0.25, 0.3) is 0 Å². The van der Waals surface area contributed by atoms with E-state index < -0.39 is 11.2 Å². The van der Waals surface area contributed by atoms with Crippen molar-refractivity contribution in [2.75, 3.05) is 0 Å². The molecule has 9 heteroatoms. The van der Waals surface area contributed by atoms with Gasteiger partial charge in [0.2, 0.25) is 5.91 Å². The zero-order chi connectivity index (χ0) is 13.8. The first-order valence-corrected chi connectivity index (χ1v) is 7.59. The van der Waals surface area contributed by atoms with Crippen LogP contribution in [-0.4, -0.2) is 33.6 Å². The molecule has 100 valence electrons. The Bertz CT molecular complexity index is 570. The first-order valence-electron chi connectivity index (χ1n) is 5.10. The van der Waals surface area contributed by atoms with Gasteiger partial charge in [0.25, 0.3) is 0 Å². The molecule has 19 heavy (non-hydrogen) atoms. The summed E-state index contributed by atoms with van der Waals surface area (Å²) in [6, 6.07) is 3.78. The number of amides is 1. The summed E-state index contributed by atoms with van der Waals surface area (Å²) in [6.07, 6.45) is 1.34. The lowest BCUT2D eigenvalue weighted by atomic mass is 10.3. The molecule has 1 aliphatic rings. The molecular formula is C10H8BrN3O3S2. The van der Waals surface area contributed by atoms with E-state index in [1.165, 1.54) is 11.3 Å². The number of rotatable bonds is 4. The molecule has 1 saturated heterocycles. The Morgan fingerprint density at radius 2 is 2.37 bits per heavy atom. The number of nitrogens with one attached hydrogen (secondary N) is 1. The summed E-state index contributed by atoms with van der Waals surface area (Å²) in [5.41, 5.74) is 0. The molecule has 0 bridgehead atoms. The van der Waals surface area contributed by atoms with Gasteiger partial charge in [0.05, 0.1) is 16.4 Å². The SMILES string of the molecule is O=C(O)C[C@H]1S/C(=N\N=Cc2ccc(Br)s2)NC1=O. The van der Waals surface area contributed by atoms with E-state index >= 15 is 0 Å². The minimum absolute atomic E-state index is 0.225. The number of hydrogen-bond acceptors (Lipinski definition) is 6. The molecule has 2 N–H and O–H groups in total. The van der Waals surface area contributed by atoms with Crippen molar-refractivity contribution >= 4 is 62.3 Å². The van der Waals surface area contributed by atoms with Crippen LogP contribution in [0.4, 0.5) is 0 Å². The third-order valence-corrected chi connectivity index (χ3v) is 4.69. The highest BCUT2D eigenvalue weighted by Crippen LogP contribution is 2.23. The van der Waals surface area contributed by atoms with Gasteiger partial charge in [-0.15, -0.1) is 16.4 Å². The first-order chi connectivity index (χ1) is 9.04. The maximum Gasteiger partial charge on any atom is 0.305 e. The lowest BCUT2D eigenvalue weighted by Crippen LogP contribution is -2.26. The minimum atomic E-state index is -1.01. The van der Waals surface area contributed by atoms with Crippen LogP contribution < -0.4 is 5.32 Å². The quantitative estimate of drug-likeness (QED) is 0.632. The van der Waals surface area contributed by atoms with Crippen LogP contribution in [0, 0.1) is 0 Å². The van der Waals surface area contributed by atoms with E-state index in [0.29, 0.717) is 5.17 Å². The number of thioether (sulfide) groups is 1. The van der Waals surface area contributed by atoms with E-state index in [1.54, 1.807) is 6.21 Å². The molecule has 0 unspecified atom stereocenters. The lowest BCUT2D eigenvalue weighted by Gasteiger charge is -1.97. The number of thiophene rings is 1. The van der Waals surface area contributed by atoms with Crippen LogP contribution in [0.3, 0.4) is 0 Å². The Hall–Kier alpha value is -1.19. The Balaban J connectivity index is 1.96. The fraction of sp³-hybridized carbons (Fsp3) is 0.200. The highest BCUT2D eigenvalue weighted by molar-refractivity contribution is 9.11. The summed E-state index contributed by atoms with van der Waals surface area (Å²) < 4.78 is 0.992. The molecule has 1 aromatic rings. The maximum atomic E-state index is 11.4. The number of amidine groups is 1. The topological polar surface area (TPSA) is 91.1 Å². The van der Waals surface area contributed by atoms with Crippen LogP contribution in [0.5, 0.6) is 0 Å². The molecule has 1 fully saturated rings. The molecule has 1 atom stereocenters. The third-order valence-electron chi connectivity index (χ3n) is 2.06. The standard InChI is InChI=1S/C10H8BrN3O3S2/c11-7-2-1-5(18-7)4-12-14-10-13-9(17)6(19-10)3-8(15)16/h1-2,4,6H,3H2,(H,15,16)(H,13,14,17)/t6-/m1/s1. The zero-order valence-corrected chi connectivity index (χ0v) is 12.6. The molecule has 2 heterocycles. The molecule has 0 aromatic carbocycles. The van der Waals surface area contributed by atoms with Crippen LogP contribution >= 0.6 is 39.0 Å². The fourth-order valence-corrected chi connectivity index (χ4v) is 3.49. The lowest BCUT2D eigenvalue weighted by molar-refractivity contribution is -0.138. The van der Waals surface area contributed by atoms with Crippen molar-refractivity contribution in [1.29, 1.82) is 0 Å². The Labute approximate surface area is 125 Å². The summed E-state index contributed by atoms with van der Waals surface area (Å²) in [4.78, 5) is 22.9. The summed E-state index contributed by atoms with van der Waals surface area (Å²) in [7, 11) is 0. The van der Waals surface area contributed by atoms with E-state index in [2.05, 4.69) is 31.4 Å². The molecule has 0 aliphatic carbocycles. The van der Waals surface area contributed by atoms with E-state index in [1.807, 2.05) is 12.1 Å². The molecule has 0 radical (unpaired) electrons. The molecule has 0 saturated carbocycles. The number of hydrogen-bond donors (Lipinski definition) is 2. The molecule has 0 spiro atoms. The zero-order valence-electron chi connectivity index (χ0n) is 9.37. The molecule has 1 aliphatic heterocycles. The molecule has 2 rings (SSSR count). The van der Waals surface area contributed by atoms with Crippen molar-refractivity contribution in [2.24, 2.45) is 10.2 Å². The molecule has 1 aromatic heterocycles. The van der Waals surface area contributed by atoms with Crippen LogP contribution in [-0.2, 0) is 9.59 Å². The van der Waals surface area contributed by atoms with Gasteiger partial charge in [-0.2, -0.15) is 5.10 Å². The van der Waals surface area contributed by atoms with E-state index in [0.717, 1.165) is 20.4 Å². The summed E-state index contributed by atoms with van der Waals surface area (Å²) in [5, 5.41) is 18.5. The summed E-state index contributed by atoms with van der Waals surface area (Å²) >= 11 is 5.92. The van der Waals surface area contributed by atoms with E-state index in [4.69, 9.17) is 5.11 Å². The summed E-state index contributed by atoms with van der Waals surface area (Å²) in [6.45, 7) is 0. The predicted octanol–water partition coefficient (Wildman–Crippen LogP) is 1.91. The van der Waals surface area contributed by atoms with Gasteiger partial charge in [0.1, 0.15) is 5.25 Å². The van der Waals surface area contributed by atoms with E-state index in [-0.39, 0.29) is 12.3 Å². The van der Waals surface area contributed by atoms with Gasteiger partial charge in [-0.3, -0.25) is 9.59 Å². The maximum absolute atomic E-state index is 11.4. The number of halogens is 1. The first kappa shape index (κ1) is 14.2. The number of carboxylic acid groups (broad SMARTS) is 1. The monoisotopic (exact) mass is 361 g/mol. The Morgan fingerprint density at radius 1 is 1.58 bits per heavy atom. The van der Waals surface area contributed by atoms with Gasteiger partial charge < -0.3 is 10.4 Å². The Morgan fingerprint density at radius 3 is 3.00 bits per heavy atom. The highest BCUT2D eigenvalue weighted by Gasteiger charge is 2.32. The van der Waals surface area contributed by atoms with E-state index in [9.17, 15) is 9.59 Å². The van der Waals surface area contributed by atoms with Crippen LogP contribution in [0.1, 0.15) is 11.3 Å². The fourth-order valence-electron chi connectivity index (χ4n) is 1.28. The predicted molar refractivity (Wildman–Crippen MR) is 78.8 cm³/mol. The third kappa shape index (κ3) is 4.15. The molecular weight excluding hydrogens is 354 g/mol. The van der Waals surface area contributed by atoms with Gasteiger partial charge in [0, 0.05) is 4.88 Å². The normalized spacial score (nSPS) is 21.2. The smallest absolute Gasteiger partial charge is 0.305 e. The molecule has 6 nitrogen and oxygen atoms in total. The highest BCUT2D eigenvalue weighted by atomic mass is 79.9. The largest absolute Gasteiger partial charge is 0.481 e. The van der Waals surface area contributed by atoms with Crippen LogP contribution in [0.2, 0.25) is 0 Å². The second-order valence-corrected chi connectivity index (χ2v) is 7.17. The number of carbonyl (C=O) groups excluding carboxylic acids is 1. The minimum Gasteiger partial charge on any atom is -0.481 e. The van der Waals surface area contributed by atoms with Crippen LogP contribution in [0.15, 0.2) is 26.1 Å². The van der Waals surface area contributed by atoms with Gasteiger partial charge in [-0.25, -0.2) is 0 Å². The number of carboxylic acids is 1. The molecule has 1 amide bonds.